The highest BCUT2D eigenvalue weighted by Gasteiger charge is 2.36. The third-order valence-corrected chi connectivity index (χ3v) is 4.62. The van der Waals surface area contributed by atoms with Gasteiger partial charge in [-0.25, -0.2) is 0 Å². The molecule has 0 radical (unpaired) electrons. The summed E-state index contributed by atoms with van der Waals surface area (Å²) in [6.45, 7) is 4.80. The predicted octanol–water partition coefficient (Wildman–Crippen LogP) is 2.06. The highest BCUT2D eigenvalue weighted by Crippen LogP contribution is 2.36. The van der Waals surface area contributed by atoms with Crippen LogP contribution in [0.2, 0.25) is 0 Å². The average Bonchev–Trinajstić information content (AvgIpc) is 2.53. The molecule has 1 heterocycles. The van der Waals surface area contributed by atoms with Gasteiger partial charge in [-0.1, -0.05) is 13.8 Å². The molecule has 2 amide bonds. The van der Waals surface area contributed by atoms with Crippen LogP contribution in [0.4, 0.5) is 0 Å². The van der Waals surface area contributed by atoms with Crippen molar-refractivity contribution in [2.75, 3.05) is 27.3 Å². The second kappa shape index (κ2) is 7.21. The quantitative estimate of drug-likeness (QED) is 0.862. The molecule has 23 heavy (non-hydrogen) atoms. The average molecular weight is 385 g/mol. The van der Waals surface area contributed by atoms with E-state index in [9.17, 15) is 9.59 Å². The molecule has 1 N–H and O–H groups in total. The van der Waals surface area contributed by atoms with Gasteiger partial charge in [-0.05, 0) is 34.0 Å². The number of benzene rings is 1. The van der Waals surface area contributed by atoms with Crippen LogP contribution in [-0.2, 0) is 4.79 Å². The van der Waals surface area contributed by atoms with Crippen LogP contribution in [0.25, 0.3) is 0 Å². The van der Waals surface area contributed by atoms with Gasteiger partial charge in [0, 0.05) is 18.7 Å². The Morgan fingerprint density at radius 1 is 1.30 bits per heavy atom. The topological polar surface area (TPSA) is 67.9 Å². The molecule has 1 aliphatic heterocycles. The summed E-state index contributed by atoms with van der Waals surface area (Å²) >= 11 is 3.39. The zero-order valence-electron chi connectivity index (χ0n) is 13.7. The van der Waals surface area contributed by atoms with Gasteiger partial charge in [-0.2, -0.15) is 0 Å². The fourth-order valence-corrected chi connectivity index (χ4v) is 3.29. The van der Waals surface area contributed by atoms with Crippen molar-refractivity contribution in [3.63, 3.8) is 0 Å². The van der Waals surface area contributed by atoms with Crippen LogP contribution in [0.15, 0.2) is 16.6 Å². The Labute approximate surface area is 144 Å². The van der Waals surface area contributed by atoms with E-state index in [2.05, 4.69) is 21.2 Å². The third kappa shape index (κ3) is 3.44. The van der Waals surface area contributed by atoms with Crippen molar-refractivity contribution in [3.8, 4) is 11.5 Å². The highest BCUT2D eigenvalue weighted by atomic mass is 79.9. The number of carbonyl (C=O) groups excluding carboxylic acids is 2. The van der Waals surface area contributed by atoms with Crippen molar-refractivity contribution in [3.05, 3.63) is 22.2 Å². The van der Waals surface area contributed by atoms with Crippen LogP contribution < -0.4 is 14.8 Å². The lowest BCUT2D eigenvalue weighted by Crippen LogP contribution is -2.59. The first kappa shape index (κ1) is 17.6. The number of ether oxygens (including phenoxy) is 2. The molecule has 126 valence electrons. The molecule has 1 unspecified atom stereocenters. The number of methoxy groups -OCH3 is 2. The summed E-state index contributed by atoms with van der Waals surface area (Å²) in [7, 11) is 3.05. The fraction of sp³-hybridized carbons (Fsp3) is 0.500. The molecule has 6 nitrogen and oxygen atoms in total. The van der Waals surface area contributed by atoms with Crippen LogP contribution >= 0.6 is 15.9 Å². The van der Waals surface area contributed by atoms with Gasteiger partial charge in [0.2, 0.25) is 5.91 Å². The molecule has 7 heteroatoms. The Kier molecular flexibility index (Phi) is 5.51. The minimum absolute atomic E-state index is 0.0264. The number of amides is 2. The number of piperazine rings is 1. The molecule has 0 saturated carbocycles. The number of carbonyl (C=O) groups is 2. The number of hydrogen-bond donors (Lipinski definition) is 1. The summed E-state index contributed by atoms with van der Waals surface area (Å²) < 4.78 is 11.2. The molecule has 1 aromatic carbocycles. The molecule has 2 rings (SSSR count). The summed E-state index contributed by atoms with van der Waals surface area (Å²) in [5.74, 6) is 0.724. The van der Waals surface area contributed by atoms with E-state index >= 15 is 0 Å². The van der Waals surface area contributed by atoms with E-state index in [0.717, 1.165) is 0 Å². The Hall–Kier alpha value is -1.76. The second-order valence-corrected chi connectivity index (χ2v) is 6.47. The normalized spacial score (nSPS) is 17.9. The molecule has 0 bridgehead atoms. The van der Waals surface area contributed by atoms with E-state index in [1.54, 1.807) is 17.0 Å². The maximum absolute atomic E-state index is 12.9. The van der Waals surface area contributed by atoms with Crippen molar-refractivity contribution < 1.29 is 19.1 Å². The first-order chi connectivity index (χ1) is 10.9. The third-order valence-electron chi connectivity index (χ3n) is 3.84. The molecule has 0 spiro atoms. The van der Waals surface area contributed by atoms with Gasteiger partial charge in [0.05, 0.1) is 14.2 Å². The van der Waals surface area contributed by atoms with Gasteiger partial charge in [0.25, 0.3) is 5.91 Å². The van der Waals surface area contributed by atoms with E-state index in [1.165, 1.54) is 14.2 Å². The SMILES string of the molecule is COc1cc(C(=O)N2CCNC(=O)C2C(C)C)cc(OC)c1Br. The lowest BCUT2D eigenvalue weighted by atomic mass is 9.98. The van der Waals surface area contributed by atoms with Gasteiger partial charge >= 0.3 is 0 Å². The maximum atomic E-state index is 12.9. The summed E-state index contributed by atoms with van der Waals surface area (Å²) in [4.78, 5) is 26.7. The smallest absolute Gasteiger partial charge is 0.254 e. The fourth-order valence-electron chi connectivity index (χ4n) is 2.73. The standard InChI is InChI=1S/C16H21BrN2O4/c1-9(2)14-15(20)18-5-6-19(14)16(21)10-7-11(22-3)13(17)12(8-10)23-4/h7-9,14H,5-6H2,1-4H3,(H,18,20). The van der Waals surface area contributed by atoms with Crippen LogP contribution in [0.5, 0.6) is 11.5 Å². The molecule has 1 aromatic rings. The summed E-state index contributed by atoms with van der Waals surface area (Å²) in [6.07, 6.45) is 0. The second-order valence-electron chi connectivity index (χ2n) is 5.67. The van der Waals surface area contributed by atoms with Crippen LogP contribution in [0.1, 0.15) is 24.2 Å². The zero-order valence-corrected chi connectivity index (χ0v) is 15.3. The molecule has 0 aromatic heterocycles. The number of rotatable bonds is 4. The Morgan fingerprint density at radius 2 is 1.87 bits per heavy atom. The molecular formula is C16H21BrN2O4. The molecule has 1 aliphatic rings. The number of nitrogens with one attached hydrogen (secondary N) is 1. The lowest BCUT2D eigenvalue weighted by Gasteiger charge is -2.37. The van der Waals surface area contributed by atoms with Crippen LogP contribution in [0, 0.1) is 5.92 Å². The maximum Gasteiger partial charge on any atom is 0.254 e. The molecule has 1 atom stereocenters. The number of halogens is 1. The summed E-state index contributed by atoms with van der Waals surface area (Å²) in [5.41, 5.74) is 0.433. The van der Waals surface area contributed by atoms with Crippen molar-refractivity contribution in [2.24, 2.45) is 5.92 Å². The van der Waals surface area contributed by atoms with Gasteiger partial charge in [-0.15, -0.1) is 0 Å². The van der Waals surface area contributed by atoms with Crippen molar-refractivity contribution in [1.82, 2.24) is 10.2 Å². The largest absolute Gasteiger partial charge is 0.495 e. The predicted molar refractivity (Wildman–Crippen MR) is 89.9 cm³/mol. The van der Waals surface area contributed by atoms with Crippen molar-refractivity contribution >= 4 is 27.7 Å². The molecule has 1 saturated heterocycles. The van der Waals surface area contributed by atoms with E-state index < -0.39 is 6.04 Å². The zero-order chi connectivity index (χ0) is 17.1. The first-order valence-electron chi connectivity index (χ1n) is 7.40. The van der Waals surface area contributed by atoms with Crippen molar-refractivity contribution in [2.45, 2.75) is 19.9 Å². The Morgan fingerprint density at radius 3 is 2.35 bits per heavy atom. The Balaban J connectivity index is 2.40. The van der Waals surface area contributed by atoms with Crippen LogP contribution in [-0.4, -0.2) is 50.1 Å². The van der Waals surface area contributed by atoms with Crippen molar-refractivity contribution in [1.29, 1.82) is 0 Å². The minimum Gasteiger partial charge on any atom is -0.495 e. The van der Waals surface area contributed by atoms with E-state index in [4.69, 9.17) is 9.47 Å². The van der Waals surface area contributed by atoms with Gasteiger partial charge in [0.15, 0.2) is 0 Å². The lowest BCUT2D eigenvalue weighted by molar-refractivity contribution is -0.129. The monoisotopic (exact) mass is 384 g/mol. The number of hydrogen-bond acceptors (Lipinski definition) is 4. The Bertz CT molecular complexity index is 593. The molecular weight excluding hydrogens is 364 g/mol. The number of nitrogens with zero attached hydrogens (tertiary/aromatic N) is 1. The highest BCUT2D eigenvalue weighted by molar-refractivity contribution is 9.10. The van der Waals surface area contributed by atoms with E-state index in [0.29, 0.717) is 34.6 Å². The van der Waals surface area contributed by atoms with Gasteiger partial charge in [0.1, 0.15) is 22.0 Å². The minimum atomic E-state index is -0.475. The van der Waals surface area contributed by atoms with E-state index in [1.807, 2.05) is 13.8 Å². The summed E-state index contributed by atoms with van der Waals surface area (Å²) in [5, 5.41) is 2.81. The molecule has 0 aliphatic carbocycles. The van der Waals surface area contributed by atoms with Gasteiger partial charge < -0.3 is 19.7 Å². The summed E-state index contributed by atoms with van der Waals surface area (Å²) in [6, 6.07) is 2.83. The molecule has 1 fully saturated rings. The van der Waals surface area contributed by atoms with Gasteiger partial charge in [-0.3, -0.25) is 9.59 Å². The first-order valence-corrected chi connectivity index (χ1v) is 8.20. The van der Waals surface area contributed by atoms with E-state index in [-0.39, 0.29) is 17.7 Å². The van der Waals surface area contributed by atoms with Crippen LogP contribution in [0.3, 0.4) is 0 Å².